The molecule has 0 aliphatic rings. The first-order valence-corrected chi connectivity index (χ1v) is 5.44. The Labute approximate surface area is 129 Å². The highest BCUT2D eigenvalue weighted by Gasteiger charge is 2.28. The summed E-state index contributed by atoms with van der Waals surface area (Å²) in [4.78, 5) is 10.7. The predicted octanol–water partition coefficient (Wildman–Crippen LogP) is 2.19. The zero-order valence-corrected chi connectivity index (χ0v) is 13.0. The second-order valence-electron chi connectivity index (χ2n) is 4.34. The maximum absolute atomic E-state index is 13.5. The molecule has 0 unspecified atom stereocenters. The average Bonchev–Trinajstić information content (AvgIpc) is 2.26. The van der Waals surface area contributed by atoms with E-state index in [1.807, 2.05) is 0 Å². The molecule has 0 amide bonds. The number of rotatable bonds is 7. The fourth-order valence-electron chi connectivity index (χ4n) is 1.13. The van der Waals surface area contributed by atoms with Crippen LogP contribution in [0.4, 0.5) is 8.78 Å². The Bertz CT molecular complexity index is 364. The number of allylic oxidation sites excluding steroid dienone is 1. The van der Waals surface area contributed by atoms with Gasteiger partial charge in [-0.3, -0.25) is 10.2 Å². The van der Waals surface area contributed by atoms with Gasteiger partial charge < -0.3 is 16.2 Å². The van der Waals surface area contributed by atoms with Crippen LogP contribution >= 0.6 is 24.8 Å². The van der Waals surface area contributed by atoms with Crippen LogP contribution in [-0.2, 0) is 4.79 Å². The number of nitrogens with one attached hydrogen (secondary N) is 2. The smallest absolute Gasteiger partial charge is 0.323 e. The van der Waals surface area contributed by atoms with Gasteiger partial charge in [-0.1, -0.05) is 0 Å². The molecule has 9 heteroatoms. The summed E-state index contributed by atoms with van der Waals surface area (Å²) in [5.74, 6) is -1.86. The van der Waals surface area contributed by atoms with E-state index in [2.05, 4.69) is 5.32 Å². The number of carboxylic acid groups (broad SMARTS) is 1. The highest BCUT2D eigenvalue weighted by molar-refractivity contribution is 5.85. The zero-order valence-electron chi connectivity index (χ0n) is 11.3. The van der Waals surface area contributed by atoms with Gasteiger partial charge in [-0.15, -0.1) is 24.8 Å². The average molecular weight is 336 g/mol. The second kappa shape index (κ2) is 10.8. The van der Waals surface area contributed by atoms with Gasteiger partial charge in [-0.2, -0.15) is 0 Å². The lowest BCUT2D eigenvalue weighted by molar-refractivity contribution is -0.142. The molecule has 0 aromatic carbocycles. The van der Waals surface area contributed by atoms with Crippen LogP contribution in [0.2, 0.25) is 0 Å². The van der Waals surface area contributed by atoms with E-state index in [0.717, 1.165) is 0 Å². The number of alkyl halides is 1. The van der Waals surface area contributed by atoms with Crippen LogP contribution in [0.25, 0.3) is 0 Å². The summed E-state index contributed by atoms with van der Waals surface area (Å²) >= 11 is 0. The molecule has 5 N–H and O–H groups in total. The molecule has 0 aromatic rings. The zero-order chi connectivity index (χ0) is 14.3. The first kappa shape index (κ1) is 24.1. The number of aliphatic carboxylic acids is 1. The summed E-state index contributed by atoms with van der Waals surface area (Å²) < 4.78 is 26.1. The first-order valence-electron chi connectivity index (χ1n) is 5.44. The molecule has 0 rings (SSSR count). The normalized spacial score (nSPS) is 14.1. The number of carbonyl (C=O) groups is 1. The van der Waals surface area contributed by atoms with E-state index in [-0.39, 0.29) is 55.6 Å². The largest absolute Gasteiger partial charge is 0.480 e. The Balaban J connectivity index is -0.00000144. The highest BCUT2D eigenvalue weighted by atomic mass is 35.5. The molecule has 120 valence electrons. The number of hydrogen-bond donors (Lipinski definition) is 4. The van der Waals surface area contributed by atoms with Crippen molar-refractivity contribution in [1.82, 2.24) is 5.32 Å². The van der Waals surface area contributed by atoms with Crippen molar-refractivity contribution in [2.45, 2.75) is 32.2 Å². The van der Waals surface area contributed by atoms with Crippen LogP contribution < -0.4 is 11.1 Å². The molecular formula is C11H21Cl2F2N3O2. The van der Waals surface area contributed by atoms with Crippen molar-refractivity contribution in [2.24, 2.45) is 5.73 Å². The number of halogens is 4. The van der Waals surface area contributed by atoms with E-state index >= 15 is 0 Å². The van der Waals surface area contributed by atoms with Gasteiger partial charge in [0.25, 0.3) is 0 Å². The molecule has 0 radical (unpaired) electrons. The lowest BCUT2D eigenvalue weighted by Crippen LogP contribution is -2.44. The third-order valence-electron chi connectivity index (χ3n) is 2.49. The highest BCUT2D eigenvalue weighted by Crippen LogP contribution is 2.18. The minimum absolute atomic E-state index is 0. The molecule has 1 atom stereocenters. The topological polar surface area (TPSA) is 99.2 Å². The Morgan fingerprint density at radius 1 is 1.45 bits per heavy atom. The summed E-state index contributed by atoms with van der Waals surface area (Å²) in [6.45, 7) is 1.45. The summed E-state index contributed by atoms with van der Waals surface area (Å²) in [7, 11) is 0. The number of amidine groups is 1. The first-order chi connectivity index (χ1) is 8.20. The fraction of sp³-hybridized carbons (Fsp3) is 0.636. The van der Waals surface area contributed by atoms with Crippen molar-refractivity contribution in [1.29, 1.82) is 5.41 Å². The monoisotopic (exact) mass is 335 g/mol. The minimum atomic E-state index is -1.51. The molecule has 0 heterocycles. The standard InChI is InChI=1S/C11H19F2N3O2.2ClH/c1-7(14)16-6-9(13)8(5-12)3-4-11(2,15)10(17)18;;/h3-6,15H2,1-2H3,(H2,14,16)(H,17,18);2*1H/b9-8-;;/t11-;;/m0../s1. The molecule has 0 saturated carbocycles. The Hall–Kier alpha value is -0.920. The molecular weight excluding hydrogens is 315 g/mol. The van der Waals surface area contributed by atoms with E-state index < -0.39 is 24.0 Å². The summed E-state index contributed by atoms with van der Waals surface area (Å²) in [5.41, 5.74) is 3.84. The van der Waals surface area contributed by atoms with Crippen molar-refractivity contribution in [3.63, 3.8) is 0 Å². The third kappa shape index (κ3) is 9.06. The SMILES string of the molecule is CC(=N)NC/C(F)=C(/CF)CC[C@](C)(N)C(=O)O.Cl.Cl. The van der Waals surface area contributed by atoms with E-state index in [0.29, 0.717) is 0 Å². The van der Waals surface area contributed by atoms with Crippen LogP contribution in [0.1, 0.15) is 26.7 Å². The minimum Gasteiger partial charge on any atom is -0.480 e. The maximum Gasteiger partial charge on any atom is 0.323 e. The van der Waals surface area contributed by atoms with Crippen LogP contribution in [0.15, 0.2) is 11.4 Å². The van der Waals surface area contributed by atoms with E-state index in [4.69, 9.17) is 16.2 Å². The van der Waals surface area contributed by atoms with Gasteiger partial charge in [0.05, 0.1) is 12.4 Å². The lowest BCUT2D eigenvalue weighted by atomic mass is 9.94. The quantitative estimate of drug-likeness (QED) is 0.423. The number of nitrogens with two attached hydrogens (primary N) is 1. The Kier molecular flexibility index (Phi) is 13.0. The van der Waals surface area contributed by atoms with Crippen LogP contribution in [0, 0.1) is 5.41 Å². The van der Waals surface area contributed by atoms with E-state index in [9.17, 15) is 13.6 Å². The molecule has 0 aromatic heterocycles. The van der Waals surface area contributed by atoms with Gasteiger partial charge in [-0.25, -0.2) is 8.78 Å². The summed E-state index contributed by atoms with van der Waals surface area (Å²) in [6.07, 6.45) is -0.126. The molecule has 0 bridgehead atoms. The summed E-state index contributed by atoms with van der Waals surface area (Å²) in [6, 6.07) is 0. The van der Waals surface area contributed by atoms with Crippen molar-refractivity contribution >= 4 is 36.6 Å². The number of hydrogen-bond acceptors (Lipinski definition) is 3. The lowest BCUT2D eigenvalue weighted by Gasteiger charge is -2.19. The van der Waals surface area contributed by atoms with Crippen LogP contribution in [0.5, 0.6) is 0 Å². The number of carboxylic acids is 1. The van der Waals surface area contributed by atoms with E-state index in [1.165, 1.54) is 13.8 Å². The fourth-order valence-corrected chi connectivity index (χ4v) is 1.13. The van der Waals surface area contributed by atoms with Gasteiger partial charge in [-0.05, 0) is 32.3 Å². The van der Waals surface area contributed by atoms with Crippen LogP contribution in [0.3, 0.4) is 0 Å². The molecule has 0 spiro atoms. The van der Waals surface area contributed by atoms with Crippen molar-refractivity contribution in [3.8, 4) is 0 Å². The van der Waals surface area contributed by atoms with Crippen LogP contribution in [-0.4, -0.2) is 35.7 Å². The molecule has 5 nitrogen and oxygen atoms in total. The Morgan fingerprint density at radius 2 is 1.95 bits per heavy atom. The van der Waals surface area contributed by atoms with Gasteiger partial charge in [0.15, 0.2) is 0 Å². The third-order valence-corrected chi connectivity index (χ3v) is 2.49. The van der Waals surface area contributed by atoms with Gasteiger partial charge in [0.1, 0.15) is 18.0 Å². The van der Waals surface area contributed by atoms with Gasteiger partial charge >= 0.3 is 5.97 Å². The van der Waals surface area contributed by atoms with Gasteiger partial charge in [0.2, 0.25) is 0 Å². The van der Waals surface area contributed by atoms with Crippen molar-refractivity contribution in [3.05, 3.63) is 11.4 Å². The predicted molar refractivity (Wildman–Crippen MR) is 79.5 cm³/mol. The Morgan fingerprint density at radius 3 is 2.30 bits per heavy atom. The van der Waals surface area contributed by atoms with Gasteiger partial charge in [0, 0.05) is 0 Å². The second-order valence-corrected chi connectivity index (χ2v) is 4.34. The summed E-state index contributed by atoms with van der Waals surface area (Å²) in [5, 5.41) is 18.2. The molecule has 0 aliphatic carbocycles. The molecule has 20 heavy (non-hydrogen) atoms. The van der Waals surface area contributed by atoms with Crippen molar-refractivity contribution in [2.75, 3.05) is 13.2 Å². The molecule has 0 aliphatic heterocycles. The molecule has 0 saturated heterocycles. The maximum atomic E-state index is 13.5. The van der Waals surface area contributed by atoms with Crippen molar-refractivity contribution < 1.29 is 18.7 Å². The van der Waals surface area contributed by atoms with E-state index in [1.54, 1.807) is 0 Å². The molecule has 0 fully saturated rings.